The lowest BCUT2D eigenvalue weighted by atomic mass is 10.0. The molecule has 0 bridgehead atoms. The van der Waals surface area contributed by atoms with Gasteiger partial charge in [-0.1, -0.05) is 30.3 Å². The highest BCUT2D eigenvalue weighted by molar-refractivity contribution is 7.17. The molecule has 34 heavy (non-hydrogen) atoms. The monoisotopic (exact) mass is 477 g/mol. The number of rotatable bonds is 6. The van der Waals surface area contributed by atoms with E-state index >= 15 is 0 Å². The van der Waals surface area contributed by atoms with Crippen LogP contribution in [0.5, 0.6) is 5.75 Å². The van der Waals surface area contributed by atoms with E-state index in [2.05, 4.69) is 17.0 Å². The minimum absolute atomic E-state index is 0.00133. The van der Waals surface area contributed by atoms with Crippen molar-refractivity contribution in [2.75, 3.05) is 32.8 Å². The van der Waals surface area contributed by atoms with Gasteiger partial charge in [-0.05, 0) is 55.9 Å². The maximum atomic E-state index is 13.6. The second kappa shape index (κ2) is 10.5. The van der Waals surface area contributed by atoms with Crippen LogP contribution in [0.15, 0.2) is 60.9 Å². The van der Waals surface area contributed by atoms with Gasteiger partial charge in [0, 0.05) is 49.5 Å². The smallest absolute Gasteiger partial charge is 0.267 e. The summed E-state index contributed by atoms with van der Waals surface area (Å²) in [4.78, 5) is 31.6. The molecule has 0 N–H and O–H groups in total. The molecule has 0 saturated carbocycles. The summed E-state index contributed by atoms with van der Waals surface area (Å²) in [6, 6.07) is 16.5. The van der Waals surface area contributed by atoms with E-state index in [1.54, 1.807) is 0 Å². The Morgan fingerprint density at radius 1 is 0.882 bits per heavy atom. The van der Waals surface area contributed by atoms with E-state index in [1.807, 2.05) is 58.3 Å². The van der Waals surface area contributed by atoms with Crippen molar-refractivity contribution in [1.29, 1.82) is 0 Å². The number of amides is 2. The molecule has 7 heteroatoms. The molecule has 4 heterocycles. The summed E-state index contributed by atoms with van der Waals surface area (Å²) >= 11 is 1.45. The number of benzene rings is 1. The summed E-state index contributed by atoms with van der Waals surface area (Å²) in [6.45, 7) is 2.99. The van der Waals surface area contributed by atoms with Crippen LogP contribution in [-0.2, 0) is 4.79 Å². The molecule has 2 aliphatic heterocycles. The summed E-state index contributed by atoms with van der Waals surface area (Å²) in [5.74, 6) is 0.517. The van der Waals surface area contributed by atoms with Crippen LogP contribution in [-0.4, -0.2) is 59.0 Å². The molecule has 0 spiro atoms. The Hall–Kier alpha value is -3.06. The molecule has 5 rings (SSSR count). The first kappa shape index (κ1) is 22.7. The van der Waals surface area contributed by atoms with Crippen molar-refractivity contribution in [3.63, 3.8) is 0 Å². The molecule has 2 amide bonds. The van der Waals surface area contributed by atoms with E-state index < -0.39 is 0 Å². The molecule has 2 aliphatic rings. The molecule has 0 unspecified atom stereocenters. The quantitative estimate of drug-likeness (QED) is 0.497. The van der Waals surface area contributed by atoms with Gasteiger partial charge in [0.2, 0.25) is 0 Å². The van der Waals surface area contributed by atoms with Gasteiger partial charge in [0.15, 0.2) is 6.61 Å². The van der Waals surface area contributed by atoms with Gasteiger partial charge in [-0.25, -0.2) is 0 Å². The van der Waals surface area contributed by atoms with E-state index in [-0.39, 0.29) is 18.4 Å². The third kappa shape index (κ3) is 5.04. The van der Waals surface area contributed by atoms with Crippen LogP contribution in [0, 0.1) is 0 Å². The van der Waals surface area contributed by atoms with Gasteiger partial charge in [0.05, 0.1) is 0 Å². The highest BCUT2D eigenvalue weighted by Crippen LogP contribution is 2.38. The Morgan fingerprint density at radius 2 is 1.59 bits per heavy atom. The lowest BCUT2D eigenvalue weighted by Gasteiger charge is -2.32. The average Bonchev–Trinajstić information content (AvgIpc) is 3.59. The molecular weight excluding hydrogens is 446 g/mol. The van der Waals surface area contributed by atoms with Crippen molar-refractivity contribution in [3.8, 4) is 16.2 Å². The number of piperidine rings is 2. The van der Waals surface area contributed by atoms with E-state index in [9.17, 15) is 9.59 Å². The summed E-state index contributed by atoms with van der Waals surface area (Å²) in [7, 11) is 0. The van der Waals surface area contributed by atoms with Gasteiger partial charge in [-0.15, -0.1) is 11.3 Å². The van der Waals surface area contributed by atoms with Crippen molar-refractivity contribution in [1.82, 2.24) is 14.4 Å². The predicted octanol–water partition coefficient (Wildman–Crippen LogP) is 5.09. The Balaban J connectivity index is 1.31. The SMILES string of the molecule is O=C(COc1cc(-c2ccccc2)sc1C(=O)N1CCC(n2cccc2)CC1)N1CCCCC1. The standard InChI is InChI=1S/C27H31N3O3S/c31-25(29-15-5-2-6-16-29)20-33-23-19-24(21-9-3-1-4-10-21)34-26(23)27(32)30-17-11-22(12-18-30)28-13-7-8-14-28/h1,3-4,7-10,13-14,19,22H,2,5-6,11-12,15-18,20H2. The molecule has 2 aromatic heterocycles. The van der Waals surface area contributed by atoms with Crippen LogP contribution in [0.1, 0.15) is 47.8 Å². The lowest BCUT2D eigenvalue weighted by Crippen LogP contribution is -2.39. The maximum Gasteiger partial charge on any atom is 0.267 e. The summed E-state index contributed by atoms with van der Waals surface area (Å²) in [6.07, 6.45) is 9.32. The molecule has 6 nitrogen and oxygen atoms in total. The van der Waals surface area contributed by atoms with Crippen LogP contribution >= 0.6 is 11.3 Å². The summed E-state index contributed by atoms with van der Waals surface area (Å²) in [5, 5.41) is 0. The normalized spacial score (nSPS) is 17.1. The van der Waals surface area contributed by atoms with Gasteiger partial charge in [0.1, 0.15) is 10.6 Å². The summed E-state index contributed by atoms with van der Waals surface area (Å²) in [5.41, 5.74) is 1.05. The number of aromatic nitrogens is 1. The van der Waals surface area contributed by atoms with Crippen molar-refractivity contribution in [3.05, 3.63) is 65.8 Å². The fourth-order valence-corrected chi connectivity index (χ4v) is 5.93. The zero-order chi connectivity index (χ0) is 23.3. The minimum Gasteiger partial charge on any atom is -0.482 e. The van der Waals surface area contributed by atoms with Gasteiger partial charge < -0.3 is 19.1 Å². The number of nitrogens with zero attached hydrogens (tertiary/aromatic N) is 3. The number of carbonyl (C=O) groups is 2. The summed E-state index contributed by atoms with van der Waals surface area (Å²) < 4.78 is 8.25. The molecule has 0 aliphatic carbocycles. The zero-order valence-electron chi connectivity index (χ0n) is 19.4. The molecule has 2 fully saturated rings. The minimum atomic E-state index is -0.0268. The number of ether oxygens (including phenoxy) is 1. The fraction of sp³-hybridized carbons (Fsp3) is 0.407. The molecule has 0 atom stereocenters. The van der Waals surface area contributed by atoms with E-state index in [1.165, 1.54) is 17.8 Å². The van der Waals surface area contributed by atoms with Crippen molar-refractivity contribution in [2.45, 2.75) is 38.1 Å². The molecule has 3 aromatic rings. The molecule has 2 saturated heterocycles. The van der Waals surface area contributed by atoms with Crippen LogP contribution in [0.4, 0.5) is 0 Å². The second-order valence-electron chi connectivity index (χ2n) is 9.05. The number of hydrogen-bond donors (Lipinski definition) is 0. The van der Waals surface area contributed by atoms with Gasteiger partial charge in [-0.3, -0.25) is 9.59 Å². The molecule has 1 aromatic carbocycles. The Labute approximate surface area is 204 Å². The second-order valence-corrected chi connectivity index (χ2v) is 10.1. The zero-order valence-corrected chi connectivity index (χ0v) is 20.2. The van der Waals surface area contributed by atoms with E-state index in [0.717, 1.165) is 49.2 Å². The maximum absolute atomic E-state index is 13.6. The van der Waals surface area contributed by atoms with Crippen molar-refractivity contribution >= 4 is 23.2 Å². The van der Waals surface area contributed by atoms with E-state index in [4.69, 9.17) is 4.74 Å². The molecule has 0 radical (unpaired) electrons. The Kier molecular flexibility index (Phi) is 7.00. The van der Waals surface area contributed by atoms with E-state index in [0.29, 0.717) is 29.8 Å². The first-order valence-electron chi connectivity index (χ1n) is 12.2. The number of likely N-dealkylation sites (tertiary alicyclic amines) is 2. The van der Waals surface area contributed by atoms with Crippen molar-refractivity contribution < 1.29 is 14.3 Å². The number of thiophene rings is 1. The van der Waals surface area contributed by atoms with Gasteiger partial charge in [0.25, 0.3) is 11.8 Å². The average molecular weight is 478 g/mol. The van der Waals surface area contributed by atoms with Crippen molar-refractivity contribution in [2.24, 2.45) is 0 Å². The highest BCUT2D eigenvalue weighted by atomic mass is 32.1. The van der Waals surface area contributed by atoms with Crippen LogP contribution in [0.2, 0.25) is 0 Å². The van der Waals surface area contributed by atoms with Crippen LogP contribution in [0.3, 0.4) is 0 Å². The first-order chi connectivity index (χ1) is 16.7. The molecular formula is C27H31N3O3S. The first-order valence-corrected chi connectivity index (χ1v) is 13.0. The fourth-order valence-electron chi connectivity index (χ4n) is 4.85. The predicted molar refractivity (Wildman–Crippen MR) is 134 cm³/mol. The van der Waals surface area contributed by atoms with Crippen LogP contribution < -0.4 is 4.74 Å². The van der Waals surface area contributed by atoms with Gasteiger partial charge >= 0.3 is 0 Å². The largest absolute Gasteiger partial charge is 0.482 e. The molecule has 178 valence electrons. The lowest BCUT2D eigenvalue weighted by molar-refractivity contribution is -0.134. The Morgan fingerprint density at radius 3 is 2.29 bits per heavy atom. The van der Waals surface area contributed by atoms with Gasteiger partial charge in [-0.2, -0.15) is 0 Å². The third-order valence-corrected chi connectivity index (χ3v) is 7.96. The van der Waals surface area contributed by atoms with Crippen LogP contribution in [0.25, 0.3) is 10.4 Å². The topological polar surface area (TPSA) is 54.8 Å². The Bertz CT molecular complexity index is 1100. The highest BCUT2D eigenvalue weighted by Gasteiger charge is 2.28. The number of hydrogen-bond acceptors (Lipinski definition) is 4. The third-order valence-electron chi connectivity index (χ3n) is 6.81. The number of carbonyl (C=O) groups excluding carboxylic acids is 2.